The van der Waals surface area contributed by atoms with Crippen LogP contribution in [0.3, 0.4) is 0 Å². The SMILES string of the molecule is CC(=O)OC[C@H]1O[C@@H](O/N=C2\C[C@@H](O)[C@@H](O)[C@@H]3[C@@H]4C(=O)N(Cc5ccccc5)C(=O)[C@@H]4CC[C@H]23)[C@H](OC(C)=O)[C@@H](OC(C)=O)[C@@H]1OC(C)=O. The van der Waals surface area contributed by atoms with Crippen molar-refractivity contribution in [3.8, 4) is 0 Å². The number of likely N-dealkylation sites (tertiary alicyclic amines) is 1. The van der Waals surface area contributed by atoms with Gasteiger partial charge in [0.15, 0.2) is 12.2 Å². The third-order valence-corrected chi connectivity index (χ3v) is 9.28. The number of fused-ring (bicyclic) bond motifs is 3. The predicted molar refractivity (Wildman–Crippen MR) is 162 cm³/mol. The zero-order valence-electron chi connectivity index (χ0n) is 27.5. The summed E-state index contributed by atoms with van der Waals surface area (Å²) in [6.45, 7) is 4.02. The molecule has 1 aromatic carbocycles. The van der Waals surface area contributed by atoms with Gasteiger partial charge >= 0.3 is 23.9 Å². The summed E-state index contributed by atoms with van der Waals surface area (Å²) in [4.78, 5) is 82.2. The number of carbonyl (C=O) groups excluding carboxylic acids is 6. The van der Waals surface area contributed by atoms with Crippen LogP contribution in [0, 0.1) is 23.7 Å². The molecule has 2 amide bonds. The Bertz CT molecular complexity index is 1480. The van der Waals surface area contributed by atoms with Gasteiger partial charge in [0.2, 0.25) is 17.9 Å². The molecule has 0 spiro atoms. The minimum absolute atomic E-state index is 0.0779. The molecule has 2 heterocycles. The van der Waals surface area contributed by atoms with Crippen molar-refractivity contribution < 1.29 is 67.5 Å². The number of rotatable bonds is 9. The first-order chi connectivity index (χ1) is 23.3. The van der Waals surface area contributed by atoms with Crippen molar-refractivity contribution in [2.45, 2.75) is 96.4 Å². The van der Waals surface area contributed by atoms with Crippen LogP contribution in [-0.2, 0) is 63.8 Å². The zero-order valence-corrected chi connectivity index (χ0v) is 27.5. The van der Waals surface area contributed by atoms with E-state index in [1.807, 2.05) is 6.07 Å². The lowest BCUT2D eigenvalue weighted by Gasteiger charge is -2.46. The topological polar surface area (TPSA) is 214 Å². The average molecular weight is 689 g/mol. The molecule has 16 heteroatoms. The van der Waals surface area contributed by atoms with Gasteiger partial charge in [0.1, 0.15) is 12.7 Å². The Morgan fingerprint density at radius 1 is 0.837 bits per heavy atom. The lowest BCUT2D eigenvalue weighted by molar-refractivity contribution is -0.308. The van der Waals surface area contributed by atoms with E-state index < -0.39 is 103 Å². The Morgan fingerprint density at radius 3 is 2.08 bits per heavy atom. The maximum Gasteiger partial charge on any atom is 0.303 e. The van der Waals surface area contributed by atoms with Crippen LogP contribution >= 0.6 is 0 Å². The van der Waals surface area contributed by atoms with Gasteiger partial charge in [0, 0.05) is 46.0 Å². The Morgan fingerprint density at radius 2 is 1.45 bits per heavy atom. The lowest BCUT2D eigenvalue weighted by atomic mass is 9.60. The molecule has 1 aromatic rings. The molecular weight excluding hydrogens is 648 g/mol. The quantitative estimate of drug-likeness (QED) is 0.156. The Hall–Kier alpha value is -4.41. The molecule has 11 atom stereocenters. The molecule has 2 aliphatic heterocycles. The van der Waals surface area contributed by atoms with E-state index in [2.05, 4.69) is 5.16 Å². The molecule has 2 saturated carbocycles. The van der Waals surface area contributed by atoms with Crippen molar-refractivity contribution in [2.24, 2.45) is 28.8 Å². The van der Waals surface area contributed by atoms with Gasteiger partial charge in [-0.2, -0.15) is 0 Å². The number of carbonyl (C=O) groups is 6. The molecule has 0 unspecified atom stereocenters. The molecule has 5 rings (SSSR count). The third kappa shape index (κ3) is 7.76. The second-order valence-electron chi connectivity index (χ2n) is 12.7. The van der Waals surface area contributed by atoms with Gasteiger partial charge in [0.25, 0.3) is 6.29 Å². The number of aliphatic hydroxyl groups is 2. The number of imide groups is 1. The van der Waals surface area contributed by atoms with Crippen LogP contribution in [0.2, 0.25) is 0 Å². The minimum atomic E-state index is -1.61. The number of benzene rings is 1. The summed E-state index contributed by atoms with van der Waals surface area (Å²) >= 11 is 0. The summed E-state index contributed by atoms with van der Waals surface area (Å²) in [6, 6.07) is 9.05. The highest BCUT2D eigenvalue weighted by Gasteiger charge is 2.60. The van der Waals surface area contributed by atoms with Crippen molar-refractivity contribution in [3.63, 3.8) is 0 Å². The van der Waals surface area contributed by atoms with Crippen molar-refractivity contribution >= 4 is 41.4 Å². The number of amides is 2. The summed E-state index contributed by atoms with van der Waals surface area (Å²) in [5.41, 5.74) is 1.03. The van der Waals surface area contributed by atoms with E-state index in [1.54, 1.807) is 24.3 Å². The summed E-state index contributed by atoms with van der Waals surface area (Å²) in [5.74, 6) is -6.94. The summed E-state index contributed by atoms with van der Waals surface area (Å²) in [7, 11) is 0. The van der Waals surface area contributed by atoms with Gasteiger partial charge < -0.3 is 38.7 Å². The van der Waals surface area contributed by atoms with Crippen LogP contribution in [0.25, 0.3) is 0 Å². The summed E-state index contributed by atoms with van der Waals surface area (Å²) in [5, 5.41) is 26.4. The van der Waals surface area contributed by atoms with Gasteiger partial charge in [-0.3, -0.25) is 33.7 Å². The van der Waals surface area contributed by atoms with Gasteiger partial charge in [-0.1, -0.05) is 35.5 Å². The van der Waals surface area contributed by atoms with Crippen LogP contribution in [0.5, 0.6) is 0 Å². The first-order valence-corrected chi connectivity index (χ1v) is 16.0. The third-order valence-electron chi connectivity index (χ3n) is 9.28. The standard InChI is InChI=1S/C33H40N2O14/c1-15(36)44-14-24-28(45-16(2)37)29(46-17(3)38)30(47-18(4)39)33(48-24)49-34-22-12-23(40)27(41)25-20(22)10-11-21-26(25)32(43)35(31(21)42)13-19-8-6-5-7-9-19/h5-9,20-21,23-30,33,40-41H,10-14H2,1-4H3/b34-22+/t20-,21-,23-,24-,25+,26-,27-,28-,29+,30-,33+/m1/s1. The molecule has 4 fully saturated rings. The fourth-order valence-corrected chi connectivity index (χ4v) is 7.35. The number of nitrogens with zero attached hydrogens (tertiary/aromatic N) is 2. The summed E-state index contributed by atoms with van der Waals surface area (Å²) in [6.07, 6.45) is -9.47. The normalized spacial score (nSPS) is 34.8. The second kappa shape index (κ2) is 15.0. The molecule has 49 heavy (non-hydrogen) atoms. The Labute approximate surface area is 281 Å². The molecule has 0 bridgehead atoms. The van der Waals surface area contributed by atoms with Crippen molar-refractivity contribution in [3.05, 3.63) is 35.9 Å². The highest BCUT2D eigenvalue weighted by molar-refractivity contribution is 6.06. The molecule has 4 aliphatic rings. The minimum Gasteiger partial charge on any atom is -0.463 e. The molecule has 0 aromatic heterocycles. The van der Waals surface area contributed by atoms with Crippen molar-refractivity contribution in [2.75, 3.05) is 6.61 Å². The highest BCUT2D eigenvalue weighted by Crippen LogP contribution is 2.50. The molecule has 266 valence electrons. The van der Waals surface area contributed by atoms with Crippen LogP contribution in [0.1, 0.15) is 52.5 Å². The molecule has 2 aliphatic carbocycles. The van der Waals surface area contributed by atoms with E-state index in [0.717, 1.165) is 33.3 Å². The average Bonchev–Trinajstić information content (AvgIpc) is 3.27. The van der Waals surface area contributed by atoms with Gasteiger partial charge in [-0.25, -0.2) is 0 Å². The Kier molecular flexibility index (Phi) is 11.0. The lowest BCUT2D eigenvalue weighted by Crippen LogP contribution is -2.62. The maximum atomic E-state index is 13.8. The second-order valence-corrected chi connectivity index (χ2v) is 12.7. The molecular formula is C33H40N2O14. The van der Waals surface area contributed by atoms with Crippen molar-refractivity contribution in [1.82, 2.24) is 4.90 Å². The van der Waals surface area contributed by atoms with E-state index in [4.69, 9.17) is 28.5 Å². The van der Waals surface area contributed by atoms with E-state index in [1.165, 1.54) is 4.90 Å². The van der Waals surface area contributed by atoms with Gasteiger partial charge in [-0.05, 0) is 18.4 Å². The number of ether oxygens (including phenoxy) is 5. The monoisotopic (exact) mass is 688 g/mol. The van der Waals surface area contributed by atoms with Crippen LogP contribution in [0.4, 0.5) is 0 Å². The van der Waals surface area contributed by atoms with Crippen LogP contribution < -0.4 is 0 Å². The fourth-order valence-electron chi connectivity index (χ4n) is 7.35. The first-order valence-electron chi connectivity index (χ1n) is 16.0. The van der Waals surface area contributed by atoms with E-state index in [-0.39, 0.29) is 24.6 Å². The Balaban J connectivity index is 1.43. The van der Waals surface area contributed by atoms with Crippen LogP contribution in [0.15, 0.2) is 35.5 Å². The number of oxime groups is 1. The van der Waals surface area contributed by atoms with E-state index >= 15 is 0 Å². The molecule has 2 saturated heterocycles. The predicted octanol–water partition coefficient (Wildman–Crippen LogP) is 0.395. The van der Waals surface area contributed by atoms with Crippen LogP contribution in [-0.4, -0.2) is 106 Å². The molecule has 0 radical (unpaired) electrons. The molecule has 2 N–H and O–H groups in total. The summed E-state index contributed by atoms with van der Waals surface area (Å²) < 4.78 is 27.3. The smallest absolute Gasteiger partial charge is 0.303 e. The van der Waals surface area contributed by atoms with Gasteiger partial charge in [0.05, 0.1) is 36.3 Å². The van der Waals surface area contributed by atoms with Crippen molar-refractivity contribution in [1.29, 1.82) is 0 Å². The number of hydrogen-bond acceptors (Lipinski definition) is 15. The highest BCUT2D eigenvalue weighted by atomic mass is 16.8. The molecule has 16 nitrogen and oxygen atoms in total. The largest absolute Gasteiger partial charge is 0.463 e. The maximum absolute atomic E-state index is 13.8. The van der Waals surface area contributed by atoms with E-state index in [9.17, 15) is 39.0 Å². The fraction of sp³-hybridized carbons (Fsp3) is 0.606. The number of esters is 4. The number of hydrogen-bond donors (Lipinski definition) is 2. The first kappa shape index (κ1) is 35.9. The van der Waals surface area contributed by atoms with Gasteiger partial charge in [-0.15, -0.1) is 0 Å². The number of aliphatic hydroxyl groups excluding tert-OH is 2. The van der Waals surface area contributed by atoms with E-state index in [0.29, 0.717) is 12.8 Å². The zero-order chi connectivity index (χ0) is 35.6.